The first-order valence-electron chi connectivity index (χ1n) is 7.10. The molecule has 0 aliphatic heterocycles. The third-order valence-corrected chi connectivity index (χ3v) is 3.60. The molecule has 0 bridgehead atoms. The minimum atomic E-state index is -4.70. The highest BCUT2D eigenvalue weighted by molar-refractivity contribution is 5.81. The number of carbonyl (C=O) groups is 2. The zero-order valence-electron chi connectivity index (χ0n) is 13.0. The molecule has 0 spiro atoms. The number of likely N-dealkylation sites (N-methyl/N-ethyl adjacent to an activating group) is 1. The van der Waals surface area contributed by atoms with E-state index in [2.05, 4.69) is 4.98 Å². The molecular formula is C15H16F3N3O3. The number of amides is 1. The second kappa shape index (κ2) is 6.50. The van der Waals surface area contributed by atoms with Gasteiger partial charge in [0.15, 0.2) is 0 Å². The fourth-order valence-electron chi connectivity index (χ4n) is 2.30. The number of aliphatic carboxylic acids is 1. The quantitative estimate of drug-likeness (QED) is 0.903. The number of carbonyl (C=O) groups excluding carboxylic acids is 1. The van der Waals surface area contributed by atoms with E-state index in [1.54, 1.807) is 12.1 Å². The van der Waals surface area contributed by atoms with Crippen LogP contribution in [0.4, 0.5) is 13.2 Å². The highest BCUT2D eigenvalue weighted by atomic mass is 19.4. The number of nitrogens with zero attached hydrogens (tertiary/aromatic N) is 3. The number of fused-ring (bicyclic) bond motifs is 1. The van der Waals surface area contributed by atoms with Gasteiger partial charge >= 0.3 is 12.1 Å². The molecule has 1 unspecified atom stereocenters. The van der Waals surface area contributed by atoms with Crippen LogP contribution in [0.2, 0.25) is 0 Å². The van der Waals surface area contributed by atoms with Gasteiger partial charge < -0.3 is 14.6 Å². The van der Waals surface area contributed by atoms with E-state index < -0.39 is 36.3 Å². The topological polar surface area (TPSA) is 75.4 Å². The molecule has 2 aromatic rings. The highest BCUT2D eigenvalue weighted by Gasteiger charge is 2.38. The fourth-order valence-corrected chi connectivity index (χ4v) is 2.30. The van der Waals surface area contributed by atoms with Crippen molar-refractivity contribution in [3.05, 3.63) is 30.1 Å². The summed E-state index contributed by atoms with van der Waals surface area (Å²) in [6, 6.07) is 6.00. The summed E-state index contributed by atoms with van der Waals surface area (Å²) < 4.78 is 40.3. The first-order valence-corrected chi connectivity index (χ1v) is 7.10. The minimum absolute atomic E-state index is 0.0951. The van der Waals surface area contributed by atoms with Crippen LogP contribution in [0.25, 0.3) is 11.0 Å². The zero-order chi connectivity index (χ0) is 18.1. The Morgan fingerprint density at radius 2 is 1.96 bits per heavy atom. The molecule has 0 aliphatic rings. The molecule has 1 atom stereocenters. The summed E-state index contributed by atoms with van der Waals surface area (Å²) in [5, 5.41) is 8.86. The van der Waals surface area contributed by atoms with Crippen LogP contribution in [0.15, 0.2) is 24.3 Å². The number of imidazole rings is 1. The molecule has 1 heterocycles. The Morgan fingerprint density at radius 3 is 2.54 bits per heavy atom. The van der Waals surface area contributed by atoms with E-state index in [0.29, 0.717) is 0 Å². The monoisotopic (exact) mass is 343 g/mol. The summed E-state index contributed by atoms with van der Waals surface area (Å²) in [5.74, 6) is -3.69. The second-order valence-electron chi connectivity index (χ2n) is 5.52. The second-order valence-corrected chi connectivity index (χ2v) is 5.52. The molecule has 9 heteroatoms. The lowest BCUT2D eigenvalue weighted by Crippen LogP contribution is -2.36. The Labute approximate surface area is 135 Å². The molecule has 6 nitrogen and oxygen atoms in total. The van der Waals surface area contributed by atoms with Gasteiger partial charge in [-0.2, -0.15) is 13.2 Å². The van der Waals surface area contributed by atoms with Crippen molar-refractivity contribution in [2.75, 3.05) is 13.6 Å². The van der Waals surface area contributed by atoms with Crippen LogP contribution in [-0.2, 0) is 22.3 Å². The number of carboxylic acids is 1. The normalized spacial score (nSPS) is 13.0. The predicted octanol–water partition coefficient (Wildman–Crippen LogP) is 2.23. The first-order chi connectivity index (χ1) is 11.1. The van der Waals surface area contributed by atoms with Gasteiger partial charge in [-0.1, -0.05) is 19.1 Å². The van der Waals surface area contributed by atoms with Gasteiger partial charge in [0, 0.05) is 13.6 Å². The van der Waals surface area contributed by atoms with Crippen molar-refractivity contribution in [3.63, 3.8) is 0 Å². The predicted molar refractivity (Wildman–Crippen MR) is 79.2 cm³/mol. The van der Waals surface area contributed by atoms with E-state index >= 15 is 0 Å². The molecule has 0 saturated heterocycles. The number of halogens is 3. The van der Waals surface area contributed by atoms with E-state index in [1.807, 2.05) is 0 Å². The zero-order valence-corrected chi connectivity index (χ0v) is 13.0. The molecule has 2 rings (SSSR count). The first kappa shape index (κ1) is 17.8. The molecule has 0 aliphatic carbocycles. The molecule has 0 saturated carbocycles. The summed E-state index contributed by atoms with van der Waals surface area (Å²) in [6.45, 7) is 0.750. The van der Waals surface area contributed by atoms with Crippen LogP contribution in [-0.4, -0.2) is 45.0 Å². The Morgan fingerprint density at radius 1 is 1.33 bits per heavy atom. The van der Waals surface area contributed by atoms with Crippen LogP contribution in [0.1, 0.15) is 12.7 Å². The van der Waals surface area contributed by atoms with Crippen LogP contribution in [0, 0.1) is 5.92 Å². The maximum Gasteiger partial charge on any atom is 0.449 e. The van der Waals surface area contributed by atoms with Gasteiger partial charge in [0.1, 0.15) is 6.54 Å². The van der Waals surface area contributed by atoms with Crippen LogP contribution in [0.3, 0.4) is 0 Å². The lowest BCUT2D eigenvalue weighted by molar-refractivity contribution is -0.148. The maximum absolute atomic E-state index is 13.2. The Balaban J connectivity index is 2.31. The van der Waals surface area contributed by atoms with Gasteiger partial charge in [0.2, 0.25) is 11.7 Å². The van der Waals surface area contributed by atoms with Gasteiger partial charge in [0.05, 0.1) is 17.0 Å². The largest absolute Gasteiger partial charge is 0.481 e. The summed E-state index contributed by atoms with van der Waals surface area (Å²) in [7, 11) is 1.36. The van der Waals surface area contributed by atoms with Gasteiger partial charge in [-0.05, 0) is 12.1 Å². The lowest BCUT2D eigenvalue weighted by Gasteiger charge is -2.20. The molecular weight excluding hydrogens is 327 g/mol. The fraction of sp³-hybridized carbons (Fsp3) is 0.400. The smallest absolute Gasteiger partial charge is 0.449 e. The third-order valence-electron chi connectivity index (χ3n) is 3.60. The van der Waals surface area contributed by atoms with Crippen molar-refractivity contribution in [1.29, 1.82) is 0 Å². The number of alkyl halides is 3. The van der Waals surface area contributed by atoms with Gasteiger partial charge in [-0.25, -0.2) is 4.98 Å². The molecule has 24 heavy (non-hydrogen) atoms. The number of benzene rings is 1. The number of aromatic nitrogens is 2. The Bertz CT molecular complexity index is 770. The summed E-state index contributed by atoms with van der Waals surface area (Å²) in [4.78, 5) is 27.7. The van der Waals surface area contributed by atoms with Crippen molar-refractivity contribution >= 4 is 22.9 Å². The number of carboxylic acid groups (broad SMARTS) is 1. The van der Waals surface area contributed by atoms with E-state index in [9.17, 15) is 22.8 Å². The summed E-state index contributed by atoms with van der Waals surface area (Å²) >= 11 is 0. The summed E-state index contributed by atoms with van der Waals surface area (Å²) in [6.07, 6.45) is -4.70. The van der Waals surface area contributed by atoms with E-state index in [0.717, 1.165) is 9.47 Å². The van der Waals surface area contributed by atoms with Crippen LogP contribution in [0.5, 0.6) is 0 Å². The van der Waals surface area contributed by atoms with Crippen molar-refractivity contribution in [2.24, 2.45) is 5.92 Å². The van der Waals surface area contributed by atoms with Crippen LogP contribution >= 0.6 is 0 Å². The van der Waals surface area contributed by atoms with Crippen molar-refractivity contribution < 1.29 is 27.9 Å². The molecule has 1 aromatic carbocycles. The Hall–Kier alpha value is -2.58. The van der Waals surface area contributed by atoms with Crippen molar-refractivity contribution in [1.82, 2.24) is 14.5 Å². The molecule has 130 valence electrons. The highest BCUT2D eigenvalue weighted by Crippen LogP contribution is 2.31. The number of rotatable bonds is 5. The van der Waals surface area contributed by atoms with Gasteiger partial charge in [-0.3, -0.25) is 9.59 Å². The van der Waals surface area contributed by atoms with E-state index in [1.165, 1.54) is 26.1 Å². The van der Waals surface area contributed by atoms with E-state index in [4.69, 9.17) is 5.11 Å². The number of hydrogen-bond donors (Lipinski definition) is 1. The van der Waals surface area contributed by atoms with Crippen LogP contribution < -0.4 is 0 Å². The maximum atomic E-state index is 13.2. The molecule has 0 radical (unpaired) electrons. The van der Waals surface area contributed by atoms with Gasteiger partial charge in [-0.15, -0.1) is 0 Å². The SMILES string of the molecule is CC(CN(C)C(=O)Cn1c(C(F)(F)F)nc2ccccc21)C(=O)O. The third kappa shape index (κ3) is 3.66. The Kier molecular flexibility index (Phi) is 4.81. The molecule has 0 fully saturated rings. The molecule has 1 aromatic heterocycles. The lowest BCUT2D eigenvalue weighted by atomic mass is 10.2. The molecule has 1 amide bonds. The summed E-state index contributed by atoms with van der Waals surface area (Å²) in [5.41, 5.74) is 0.331. The number of hydrogen-bond acceptors (Lipinski definition) is 3. The van der Waals surface area contributed by atoms with Crippen molar-refractivity contribution in [3.8, 4) is 0 Å². The molecule has 1 N–H and O–H groups in total. The van der Waals surface area contributed by atoms with Gasteiger partial charge in [0.25, 0.3) is 0 Å². The van der Waals surface area contributed by atoms with Crippen molar-refractivity contribution in [2.45, 2.75) is 19.6 Å². The number of para-hydroxylation sites is 2. The average molecular weight is 343 g/mol. The average Bonchev–Trinajstić information content (AvgIpc) is 2.86. The minimum Gasteiger partial charge on any atom is -0.481 e. The standard InChI is InChI=1S/C15H16F3N3O3/c1-9(13(23)24)7-20(2)12(22)8-21-11-6-4-3-5-10(11)19-14(21)15(16,17)18/h3-6,9H,7-8H2,1-2H3,(H,23,24). The van der Waals surface area contributed by atoms with E-state index in [-0.39, 0.29) is 17.6 Å².